The smallest absolute Gasteiger partial charge is 0.325 e. The second-order valence-electron chi connectivity index (χ2n) is 3.14. The largest absolute Gasteiger partial charge is 0.480 e. The van der Waals surface area contributed by atoms with Crippen molar-refractivity contribution in [3.63, 3.8) is 0 Å². The molecule has 0 saturated heterocycles. The van der Waals surface area contributed by atoms with E-state index in [4.69, 9.17) is 15.3 Å². The summed E-state index contributed by atoms with van der Waals surface area (Å²) in [6.45, 7) is 1.69. The molecule has 3 N–H and O–H groups in total. The standard InChI is InChI=1S/C9H9N3O3/c1-4-12-6-2-5(7(10)9(13)14)3-11-8(6)15-4/h2-3,7H,10H2,1H3,(H,13,14). The summed E-state index contributed by atoms with van der Waals surface area (Å²) in [7, 11) is 0. The Hall–Kier alpha value is -1.95. The summed E-state index contributed by atoms with van der Waals surface area (Å²) < 4.78 is 5.15. The highest BCUT2D eigenvalue weighted by Gasteiger charge is 2.16. The number of aliphatic carboxylic acids is 1. The van der Waals surface area contributed by atoms with Gasteiger partial charge in [-0.1, -0.05) is 0 Å². The molecule has 2 aromatic rings. The van der Waals surface area contributed by atoms with Crippen molar-refractivity contribution in [2.24, 2.45) is 5.73 Å². The van der Waals surface area contributed by atoms with Gasteiger partial charge in [0.2, 0.25) is 5.71 Å². The van der Waals surface area contributed by atoms with Gasteiger partial charge in [0.15, 0.2) is 5.89 Å². The number of carbonyl (C=O) groups is 1. The fraction of sp³-hybridized carbons (Fsp3) is 0.222. The van der Waals surface area contributed by atoms with Gasteiger partial charge in [-0.05, 0) is 6.07 Å². The Balaban J connectivity index is 2.50. The highest BCUT2D eigenvalue weighted by Crippen LogP contribution is 2.17. The molecule has 1 unspecified atom stereocenters. The third-order valence-corrected chi connectivity index (χ3v) is 2.00. The fourth-order valence-corrected chi connectivity index (χ4v) is 1.26. The Morgan fingerprint density at radius 3 is 3.07 bits per heavy atom. The van der Waals surface area contributed by atoms with Crippen molar-refractivity contribution in [1.29, 1.82) is 0 Å². The minimum atomic E-state index is -1.10. The van der Waals surface area contributed by atoms with Crippen molar-refractivity contribution < 1.29 is 14.3 Å². The van der Waals surface area contributed by atoms with Gasteiger partial charge in [-0.15, -0.1) is 0 Å². The fourth-order valence-electron chi connectivity index (χ4n) is 1.26. The molecule has 6 nitrogen and oxygen atoms in total. The van der Waals surface area contributed by atoms with Gasteiger partial charge < -0.3 is 15.3 Å². The van der Waals surface area contributed by atoms with Gasteiger partial charge >= 0.3 is 5.97 Å². The van der Waals surface area contributed by atoms with Gasteiger partial charge in [0.1, 0.15) is 11.6 Å². The Bertz CT molecular complexity index is 520. The highest BCUT2D eigenvalue weighted by molar-refractivity contribution is 5.77. The maximum absolute atomic E-state index is 10.6. The first-order valence-corrected chi connectivity index (χ1v) is 4.29. The third-order valence-electron chi connectivity index (χ3n) is 2.00. The van der Waals surface area contributed by atoms with Crippen LogP contribution in [0.1, 0.15) is 17.5 Å². The number of nitrogens with two attached hydrogens (primary N) is 1. The average Bonchev–Trinajstić information content (AvgIpc) is 2.55. The predicted molar refractivity (Wildman–Crippen MR) is 51.1 cm³/mol. The molecule has 0 aliphatic rings. The van der Waals surface area contributed by atoms with Crippen LogP contribution in [0.2, 0.25) is 0 Å². The Morgan fingerprint density at radius 1 is 1.67 bits per heavy atom. The summed E-state index contributed by atoms with van der Waals surface area (Å²) in [5, 5.41) is 8.72. The van der Waals surface area contributed by atoms with Crippen LogP contribution in [-0.2, 0) is 4.79 Å². The second-order valence-corrected chi connectivity index (χ2v) is 3.14. The van der Waals surface area contributed by atoms with Gasteiger partial charge in [-0.25, -0.2) is 9.97 Å². The molecule has 0 aliphatic heterocycles. The number of hydrogen-bond acceptors (Lipinski definition) is 5. The molecular weight excluding hydrogens is 198 g/mol. The molecule has 0 radical (unpaired) electrons. The van der Waals surface area contributed by atoms with Gasteiger partial charge in [-0.3, -0.25) is 4.79 Å². The molecule has 15 heavy (non-hydrogen) atoms. The first kappa shape index (κ1) is 9.60. The Kier molecular flexibility index (Phi) is 2.12. The second kappa shape index (κ2) is 3.32. The zero-order valence-corrected chi connectivity index (χ0v) is 7.97. The summed E-state index contributed by atoms with van der Waals surface area (Å²) in [6, 6.07) is 0.483. The number of rotatable bonds is 2. The van der Waals surface area contributed by atoms with Crippen molar-refractivity contribution in [3.05, 3.63) is 23.7 Å². The van der Waals surface area contributed by atoms with Gasteiger partial charge in [0.25, 0.3) is 0 Å². The topological polar surface area (TPSA) is 102 Å². The van der Waals surface area contributed by atoms with E-state index in [1.807, 2.05) is 0 Å². The first-order valence-electron chi connectivity index (χ1n) is 4.29. The van der Waals surface area contributed by atoms with E-state index in [1.165, 1.54) is 6.20 Å². The summed E-state index contributed by atoms with van der Waals surface area (Å²) >= 11 is 0. The van der Waals surface area contributed by atoms with Crippen LogP contribution in [-0.4, -0.2) is 21.0 Å². The van der Waals surface area contributed by atoms with Crippen LogP contribution < -0.4 is 5.73 Å². The average molecular weight is 207 g/mol. The Morgan fingerprint density at radius 2 is 2.40 bits per heavy atom. The minimum Gasteiger partial charge on any atom is -0.480 e. The van der Waals surface area contributed by atoms with Gasteiger partial charge in [-0.2, -0.15) is 0 Å². The van der Waals surface area contributed by atoms with Crippen LogP contribution in [0.4, 0.5) is 0 Å². The lowest BCUT2D eigenvalue weighted by Crippen LogP contribution is -2.20. The van der Waals surface area contributed by atoms with Gasteiger partial charge in [0.05, 0.1) is 0 Å². The van der Waals surface area contributed by atoms with Crippen molar-refractivity contribution >= 4 is 17.2 Å². The van der Waals surface area contributed by atoms with E-state index in [-0.39, 0.29) is 0 Å². The van der Waals surface area contributed by atoms with Crippen molar-refractivity contribution in [2.75, 3.05) is 0 Å². The van der Waals surface area contributed by atoms with Crippen LogP contribution in [0.3, 0.4) is 0 Å². The van der Waals surface area contributed by atoms with E-state index in [0.29, 0.717) is 22.7 Å². The van der Waals surface area contributed by atoms with E-state index in [0.717, 1.165) is 0 Å². The number of pyridine rings is 1. The molecule has 78 valence electrons. The number of aryl methyl sites for hydroxylation is 1. The van der Waals surface area contributed by atoms with E-state index < -0.39 is 12.0 Å². The van der Waals surface area contributed by atoms with Crippen LogP contribution in [0, 0.1) is 6.92 Å². The van der Waals surface area contributed by atoms with E-state index in [1.54, 1.807) is 13.0 Å². The maximum atomic E-state index is 10.6. The normalized spacial score (nSPS) is 12.9. The molecule has 0 saturated carbocycles. The molecule has 2 rings (SSSR count). The minimum absolute atomic E-state index is 0.383. The molecule has 6 heteroatoms. The van der Waals surface area contributed by atoms with Crippen molar-refractivity contribution in [1.82, 2.24) is 9.97 Å². The van der Waals surface area contributed by atoms with E-state index in [9.17, 15) is 4.79 Å². The molecular formula is C9H9N3O3. The molecule has 0 aliphatic carbocycles. The first-order chi connectivity index (χ1) is 7.08. The number of nitrogens with zero attached hydrogens (tertiary/aromatic N) is 2. The van der Waals surface area contributed by atoms with Crippen molar-refractivity contribution in [3.8, 4) is 0 Å². The third kappa shape index (κ3) is 1.66. The number of fused-ring (bicyclic) bond motifs is 1. The number of hydrogen-bond donors (Lipinski definition) is 2. The van der Waals surface area contributed by atoms with E-state index >= 15 is 0 Å². The molecule has 0 fully saturated rings. The molecule has 0 amide bonds. The lowest BCUT2D eigenvalue weighted by atomic mass is 10.1. The monoisotopic (exact) mass is 207 g/mol. The summed E-state index contributed by atoms with van der Waals surface area (Å²) in [5.74, 6) is -0.616. The molecule has 2 aromatic heterocycles. The molecule has 2 heterocycles. The highest BCUT2D eigenvalue weighted by atomic mass is 16.4. The molecule has 0 aromatic carbocycles. The lowest BCUT2D eigenvalue weighted by Gasteiger charge is -2.04. The quantitative estimate of drug-likeness (QED) is 0.748. The zero-order valence-electron chi connectivity index (χ0n) is 7.97. The number of carboxylic acid groups (broad SMARTS) is 1. The van der Waals surface area contributed by atoms with Crippen LogP contribution in [0.15, 0.2) is 16.7 Å². The zero-order chi connectivity index (χ0) is 11.0. The molecule has 0 bridgehead atoms. The molecule has 0 spiro atoms. The number of carboxylic acids is 1. The van der Waals surface area contributed by atoms with Crippen LogP contribution in [0.5, 0.6) is 0 Å². The molecule has 1 atom stereocenters. The number of oxazole rings is 1. The summed E-state index contributed by atoms with van der Waals surface area (Å²) in [6.07, 6.45) is 1.38. The van der Waals surface area contributed by atoms with Crippen molar-refractivity contribution in [2.45, 2.75) is 13.0 Å². The van der Waals surface area contributed by atoms with Crippen LogP contribution in [0.25, 0.3) is 11.2 Å². The van der Waals surface area contributed by atoms with Crippen LogP contribution >= 0.6 is 0 Å². The van der Waals surface area contributed by atoms with Gasteiger partial charge in [0, 0.05) is 18.7 Å². The SMILES string of the molecule is Cc1nc2cc(C(N)C(=O)O)cnc2o1. The predicted octanol–water partition coefficient (Wildman–Crippen LogP) is 0.616. The number of aromatic nitrogens is 2. The Labute approximate surface area is 84.7 Å². The lowest BCUT2D eigenvalue weighted by molar-refractivity contribution is -0.138. The summed E-state index contributed by atoms with van der Waals surface area (Å²) in [4.78, 5) is 18.6. The maximum Gasteiger partial charge on any atom is 0.325 e. The van der Waals surface area contributed by atoms with E-state index in [2.05, 4.69) is 9.97 Å². The summed E-state index contributed by atoms with van der Waals surface area (Å²) in [5.41, 5.74) is 6.74.